The van der Waals surface area contributed by atoms with Crippen LogP contribution in [0.2, 0.25) is 0 Å². The quantitative estimate of drug-likeness (QED) is 0.595. The molecular weight excluding hydrogens is 158 g/mol. The van der Waals surface area contributed by atoms with Gasteiger partial charge < -0.3 is 0 Å². The smallest absolute Gasteiger partial charge is 0.272 e. The first-order chi connectivity index (χ1) is 5.29. The van der Waals surface area contributed by atoms with Crippen LogP contribution in [0.5, 0.6) is 0 Å². The Morgan fingerprint density at radius 2 is 2.09 bits per heavy atom. The fraction of sp³-hybridized carbons (Fsp3) is 0.125. The average molecular weight is 166 g/mol. The number of benzene rings is 1. The van der Waals surface area contributed by atoms with Crippen LogP contribution in [0, 0.1) is 0 Å². The lowest BCUT2D eigenvalue weighted by Gasteiger charge is -1.78. The third-order valence-electron chi connectivity index (χ3n) is 1.73. The summed E-state index contributed by atoms with van der Waals surface area (Å²) in [6.45, 7) is 0. The van der Waals surface area contributed by atoms with Crippen LogP contribution in [-0.4, -0.2) is 4.98 Å². The molecule has 1 aromatic carbocycles. The number of para-hydroxylation sites is 1. The minimum Gasteiger partial charge on any atom is -0.272 e. The Kier molecular flexibility index (Phi) is 1.32. The summed E-state index contributed by atoms with van der Waals surface area (Å²) < 4.78 is 1.14. The Morgan fingerprint density at radius 1 is 1.36 bits per heavy atom. The summed E-state index contributed by atoms with van der Waals surface area (Å²) >= 11 is 0. The second-order valence-electron chi connectivity index (χ2n) is 2.42. The van der Waals surface area contributed by atoms with Crippen molar-refractivity contribution in [1.29, 1.82) is 0 Å². The molecule has 2 rings (SSSR count). The predicted octanol–water partition coefficient (Wildman–Crippen LogP) is 1.81. The highest BCUT2D eigenvalue weighted by molar-refractivity contribution is 7.33. The van der Waals surface area contributed by atoms with Gasteiger partial charge in [0, 0.05) is 16.5 Å². The SMILES string of the molecule is C[s+]1c(=O)[nH]c2ccccc21. The van der Waals surface area contributed by atoms with Gasteiger partial charge in [-0.3, -0.25) is 4.98 Å². The van der Waals surface area contributed by atoms with Crippen molar-refractivity contribution >= 4 is 20.7 Å². The summed E-state index contributed by atoms with van der Waals surface area (Å²) in [6.07, 6.45) is 1.95. The Morgan fingerprint density at radius 3 is 2.82 bits per heavy atom. The van der Waals surface area contributed by atoms with Gasteiger partial charge in [0.2, 0.25) is 4.70 Å². The van der Waals surface area contributed by atoms with Crippen LogP contribution in [0.3, 0.4) is 0 Å². The molecule has 2 nitrogen and oxygen atoms in total. The lowest BCUT2D eigenvalue weighted by Crippen LogP contribution is -1.93. The Labute approximate surface area is 66.5 Å². The van der Waals surface area contributed by atoms with Crippen molar-refractivity contribution in [3.05, 3.63) is 33.9 Å². The van der Waals surface area contributed by atoms with Gasteiger partial charge >= 0.3 is 4.87 Å². The topological polar surface area (TPSA) is 32.9 Å². The number of nitrogens with one attached hydrogen (secondary N) is 1. The first-order valence-electron chi connectivity index (χ1n) is 3.35. The molecule has 0 saturated carbocycles. The van der Waals surface area contributed by atoms with E-state index >= 15 is 0 Å². The van der Waals surface area contributed by atoms with Crippen molar-refractivity contribution in [1.82, 2.24) is 4.98 Å². The van der Waals surface area contributed by atoms with Gasteiger partial charge in [0.05, 0.1) is 0 Å². The molecule has 0 fully saturated rings. The maximum Gasteiger partial charge on any atom is 0.455 e. The van der Waals surface area contributed by atoms with Gasteiger partial charge in [-0.15, -0.1) is 0 Å². The van der Waals surface area contributed by atoms with Crippen LogP contribution in [-0.2, 0) is 6.26 Å². The van der Waals surface area contributed by atoms with Crippen LogP contribution in [0.1, 0.15) is 0 Å². The maximum absolute atomic E-state index is 11.1. The largest absolute Gasteiger partial charge is 0.455 e. The number of hydrogen-bond acceptors (Lipinski definition) is 1. The number of fused-ring (bicyclic) bond motifs is 1. The molecule has 0 aliphatic rings. The molecular formula is C8H8NOS+. The Hall–Kier alpha value is -1.09. The van der Waals surface area contributed by atoms with Crippen LogP contribution in [0.15, 0.2) is 29.1 Å². The van der Waals surface area contributed by atoms with E-state index in [0.717, 1.165) is 10.2 Å². The highest BCUT2D eigenvalue weighted by Crippen LogP contribution is 2.20. The molecule has 1 unspecified atom stereocenters. The van der Waals surface area contributed by atoms with Gasteiger partial charge in [-0.2, -0.15) is 0 Å². The average Bonchev–Trinajstić information content (AvgIpc) is 2.30. The number of aromatic nitrogens is 1. The standard InChI is InChI=1S/C8H7NOS/c1-11-7-5-3-2-4-6(7)9-8(11)10/h2-5H,1H3/p+1. The number of aromatic amines is 1. The van der Waals surface area contributed by atoms with Gasteiger partial charge in [-0.25, -0.2) is 4.79 Å². The molecule has 1 atom stereocenters. The van der Waals surface area contributed by atoms with E-state index in [1.807, 2.05) is 30.5 Å². The zero-order chi connectivity index (χ0) is 7.84. The van der Waals surface area contributed by atoms with Crippen molar-refractivity contribution in [3.63, 3.8) is 0 Å². The number of aryl methyl sites for hydroxylation is 1. The lowest BCUT2D eigenvalue weighted by molar-refractivity contribution is 1.40. The van der Waals surface area contributed by atoms with E-state index in [2.05, 4.69) is 4.98 Å². The highest BCUT2D eigenvalue weighted by atomic mass is 32.2. The van der Waals surface area contributed by atoms with Crippen LogP contribution in [0.25, 0.3) is 10.2 Å². The minimum atomic E-state index is -0.243. The second kappa shape index (κ2) is 2.20. The van der Waals surface area contributed by atoms with Crippen LogP contribution in [0.4, 0.5) is 0 Å². The zero-order valence-electron chi connectivity index (χ0n) is 6.13. The first-order valence-corrected chi connectivity index (χ1v) is 4.98. The van der Waals surface area contributed by atoms with Gasteiger partial charge in [-0.05, 0) is 6.07 Å². The fourth-order valence-electron chi connectivity index (χ4n) is 1.12. The van der Waals surface area contributed by atoms with E-state index in [1.54, 1.807) is 0 Å². The van der Waals surface area contributed by atoms with Gasteiger partial charge in [0.25, 0.3) is 0 Å². The minimum absolute atomic E-state index is 0.131. The van der Waals surface area contributed by atoms with E-state index in [0.29, 0.717) is 0 Å². The summed E-state index contributed by atoms with van der Waals surface area (Å²) in [6, 6.07) is 7.82. The molecule has 1 aromatic heterocycles. The summed E-state index contributed by atoms with van der Waals surface area (Å²) in [5.41, 5.74) is 0.975. The molecule has 0 amide bonds. The number of thiazole rings is 1. The molecule has 1 N–H and O–H groups in total. The molecule has 2 aromatic rings. The van der Waals surface area contributed by atoms with E-state index in [9.17, 15) is 4.79 Å². The predicted molar refractivity (Wildman–Crippen MR) is 48.0 cm³/mol. The van der Waals surface area contributed by atoms with Gasteiger partial charge in [-0.1, -0.05) is 12.1 Å². The van der Waals surface area contributed by atoms with Gasteiger partial charge in [0.1, 0.15) is 11.8 Å². The molecule has 0 radical (unpaired) electrons. The van der Waals surface area contributed by atoms with E-state index in [-0.39, 0.29) is 15.3 Å². The number of H-pyrrole nitrogens is 1. The summed E-state index contributed by atoms with van der Waals surface area (Å²) in [5.74, 6) is 0. The fourth-order valence-corrected chi connectivity index (χ4v) is 2.32. The molecule has 0 saturated heterocycles. The molecule has 56 valence electrons. The third-order valence-corrected chi connectivity index (χ3v) is 3.41. The Balaban J connectivity index is 3.04. The van der Waals surface area contributed by atoms with Crippen LogP contribution >= 0.6 is 10.5 Å². The third kappa shape index (κ3) is 0.886. The molecule has 0 aliphatic carbocycles. The Bertz CT molecular complexity index is 441. The van der Waals surface area contributed by atoms with E-state index < -0.39 is 0 Å². The molecule has 0 spiro atoms. The van der Waals surface area contributed by atoms with E-state index in [4.69, 9.17) is 0 Å². The molecule has 11 heavy (non-hydrogen) atoms. The lowest BCUT2D eigenvalue weighted by atomic mass is 10.3. The van der Waals surface area contributed by atoms with Crippen molar-refractivity contribution < 1.29 is 0 Å². The van der Waals surface area contributed by atoms with Crippen LogP contribution < -0.4 is 4.87 Å². The second-order valence-corrected chi connectivity index (χ2v) is 4.25. The van der Waals surface area contributed by atoms with Gasteiger partial charge in [0.15, 0.2) is 0 Å². The summed E-state index contributed by atoms with van der Waals surface area (Å²) in [4.78, 5) is 14.1. The summed E-state index contributed by atoms with van der Waals surface area (Å²) in [7, 11) is -0.243. The van der Waals surface area contributed by atoms with Crippen molar-refractivity contribution in [2.45, 2.75) is 0 Å². The van der Waals surface area contributed by atoms with Crippen molar-refractivity contribution in [2.75, 3.05) is 0 Å². The zero-order valence-corrected chi connectivity index (χ0v) is 6.94. The van der Waals surface area contributed by atoms with Crippen molar-refractivity contribution in [3.8, 4) is 0 Å². The number of hydrogen-bond donors (Lipinski definition) is 1. The summed E-state index contributed by atoms with van der Waals surface area (Å²) in [5, 5.41) is 0. The van der Waals surface area contributed by atoms with Crippen molar-refractivity contribution in [2.24, 2.45) is 6.26 Å². The van der Waals surface area contributed by atoms with E-state index in [1.165, 1.54) is 0 Å². The maximum atomic E-state index is 11.1. The molecule has 1 heterocycles. The monoisotopic (exact) mass is 166 g/mol. The molecule has 3 heteroatoms. The molecule has 0 aliphatic heterocycles. The molecule has 0 bridgehead atoms. The first kappa shape index (κ1) is 6.61. The highest BCUT2D eigenvalue weighted by Gasteiger charge is 2.11. The number of rotatable bonds is 0. The normalized spacial score (nSPS) is 12.3.